The van der Waals surface area contributed by atoms with Gasteiger partial charge in [0.15, 0.2) is 0 Å². The van der Waals surface area contributed by atoms with Gasteiger partial charge < -0.3 is 10.1 Å². The molecule has 1 N–H and O–H groups in total. The highest BCUT2D eigenvalue weighted by Crippen LogP contribution is 2.23. The maximum absolute atomic E-state index is 12.6. The molecule has 5 nitrogen and oxygen atoms in total. The fourth-order valence-electron chi connectivity index (χ4n) is 2.74. The molecule has 0 aliphatic rings. The van der Waals surface area contributed by atoms with Crippen LogP contribution in [0.4, 0.5) is 0 Å². The fraction of sp³-hybridized carbons (Fsp3) is 0.190. The number of para-hydroxylation sites is 1. The van der Waals surface area contributed by atoms with E-state index in [0.29, 0.717) is 23.7 Å². The fourth-order valence-corrected chi connectivity index (χ4v) is 4.54. The Labute approximate surface area is 171 Å². The molecule has 0 radical (unpaired) electrons. The lowest BCUT2D eigenvalue weighted by Gasteiger charge is -2.03. The van der Waals surface area contributed by atoms with Gasteiger partial charge in [-0.2, -0.15) is 0 Å². The summed E-state index contributed by atoms with van der Waals surface area (Å²) in [5.41, 5.74) is 2.86. The summed E-state index contributed by atoms with van der Waals surface area (Å²) < 4.78 is 6.89. The summed E-state index contributed by atoms with van der Waals surface area (Å²) >= 11 is 2.96. The van der Waals surface area contributed by atoms with Crippen LogP contribution in [0, 0.1) is 13.8 Å². The summed E-state index contributed by atoms with van der Waals surface area (Å²) in [7, 11) is 0. The van der Waals surface area contributed by atoms with E-state index in [1.807, 2.05) is 62.4 Å². The van der Waals surface area contributed by atoms with Crippen molar-refractivity contribution in [1.29, 1.82) is 0 Å². The van der Waals surface area contributed by atoms with Crippen molar-refractivity contribution in [2.45, 2.75) is 27.0 Å². The summed E-state index contributed by atoms with van der Waals surface area (Å²) in [6, 6.07) is 15.8. The minimum absolute atomic E-state index is 0.129. The second kappa shape index (κ2) is 8.08. The largest absolute Gasteiger partial charge is 0.486 e. The Balaban J connectivity index is 1.38. The van der Waals surface area contributed by atoms with Gasteiger partial charge in [0.1, 0.15) is 27.2 Å². The van der Waals surface area contributed by atoms with E-state index in [1.54, 1.807) is 11.3 Å². The topological polar surface area (TPSA) is 64.1 Å². The Hall–Kier alpha value is -2.77. The molecule has 0 saturated carbocycles. The number of carbonyl (C=O) groups is 1. The number of fused-ring (bicyclic) bond motifs is 1. The van der Waals surface area contributed by atoms with Gasteiger partial charge in [-0.1, -0.05) is 29.8 Å². The van der Waals surface area contributed by atoms with Crippen molar-refractivity contribution in [1.82, 2.24) is 15.3 Å². The molecule has 0 aliphatic heterocycles. The first-order valence-corrected chi connectivity index (χ1v) is 10.5. The van der Waals surface area contributed by atoms with Crippen molar-refractivity contribution in [3.8, 4) is 5.75 Å². The zero-order chi connectivity index (χ0) is 19.5. The highest BCUT2D eigenvalue weighted by Gasteiger charge is 2.16. The van der Waals surface area contributed by atoms with Gasteiger partial charge in [-0.05, 0) is 38.1 Å². The summed E-state index contributed by atoms with van der Waals surface area (Å²) in [5, 5.41) is 4.62. The molecule has 7 heteroatoms. The van der Waals surface area contributed by atoms with Gasteiger partial charge in [0, 0.05) is 0 Å². The van der Waals surface area contributed by atoms with Crippen LogP contribution in [-0.4, -0.2) is 15.9 Å². The van der Waals surface area contributed by atoms with Crippen molar-refractivity contribution in [3.63, 3.8) is 0 Å². The van der Waals surface area contributed by atoms with E-state index in [4.69, 9.17) is 4.74 Å². The van der Waals surface area contributed by atoms with Crippen LogP contribution in [0.1, 0.15) is 30.9 Å². The molecular formula is C21H19N3O2S2. The first-order valence-electron chi connectivity index (χ1n) is 8.87. The Morgan fingerprint density at radius 1 is 1.00 bits per heavy atom. The molecule has 28 heavy (non-hydrogen) atoms. The van der Waals surface area contributed by atoms with Crippen LogP contribution in [0.3, 0.4) is 0 Å². The lowest BCUT2D eigenvalue weighted by molar-refractivity contribution is 0.0954. The molecule has 0 unspecified atom stereocenters. The van der Waals surface area contributed by atoms with Gasteiger partial charge in [-0.25, -0.2) is 9.97 Å². The minimum atomic E-state index is -0.129. The third-order valence-electron chi connectivity index (χ3n) is 4.17. The van der Waals surface area contributed by atoms with Crippen LogP contribution < -0.4 is 10.1 Å². The van der Waals surface area contributed by atoms with Gasteiger partial charge in [0.05, 0.1) is 22.5 Å². The number of hydrogen-bond acceptors (Lipinski definition) is 6. The van der Waals surface area contributed by atoms with Crippen LogP contribution in [0.25, 0.3) is 10.2 Å². The van der Waals surface area contributed by atoms with E-state index in [2.05, 4.69) is 15.3 Å². The number of aryl methyl sites for hydroxylation is 2. The van der Waals surface area contributed by atoms with Gasteiger partial charge in [0.2, 0.25) is 0 Å². The predicted molar refractivity (Wildman–Crippen MR) is 113 cm³/mol. The molecular weight excluding hydrogens is 390 g/mol. The Morgan fingerprint density at radius 2 is 1.79 bits per heavy atom. The van der Waals surface area contributed by atoms with Crippen LogP contribution in [0.5, 0.6) is 5.75 Å². The van der Waals surface area contributed by atoms with Gasteiger partial charge in [-0.3, -0.25) is 4.79 Å². The van der Waals surface area contributed by atoms with Gasteiger partial charge in [0.25, 0.3) is 5.91 Å². The van der Waals surface area contributed by atoms with E-state index in [9.17, 15) is 4.79 Å². The number of rotatable bonds is 6. The molecule has 142 valence electrons. The maximum Gasteiger partial charge on any atom is 0.263 e. The van der Waals surface area contributed by atoms with Crippen molar-refractivity contribution >= 4 is 38.8 Å². The monoisotopic (exact) mass is 409 g/mol. The van der Waals surface area contributed by atoms with Crippen molar-refractivity contribution < 1.29 is 9.53 Å². The SMILES string of the molecule is Cc1ccc(OCc2nc(C)c(C(=O)NCc3nc4ccccc4s3)s2)cc1. The maximum atomic E-state index is 12.6. The standard InChI is InChI=1S/C21H19N3O2S2/c1-13-7-9-15(10-8-13)26-12-19-23-14(2)20(28-19)21(25)22-11-18-24-16-5-3-4-6-17(16)27-18/h3-10H,11-12H2,1-2H3,(H,22,25). The van der Waals surface area contributed by atoms with Gasteiger partial charge in [-0.15, -0.1) is 22.7 Å². The Bertz CT molecular complexity index is 1080. The third kappa shape index (κ3) is 4.21. The molecule has 0 saturated heterocycles. The summed E-state index contributed by atoms with van der Waals surface area (Å²) in [6.45, 7) is 4.64. The molecule has 0 bridgehead atoms. The molecule has 0 spiro atoms. The van der Waals surface area contributed by atoms with Crippen LogP contribution in [0.2, 0.25) is 0 Å². The number of nitrogens with one attached hydrogen (secondary N) is 1. The van der Waals surface area contributed by atoms with Crippen LogP contribution in [-0.2, 0) is 13.2 Å². The number of carbonyl (C=O) groups excluding carboxylic acids is 1. The second-order valence-electron chi connectivity index (χ2n) is 6.38. The summed E-state index contributed by atoms with van der Waals surface area (Å²) in [6.07, 6.45) is 0. The number of aromatic nitrogens is 2. The normalized spacial score (nSPS) is 10.9. The number of nitrogens with zero attached hydrogens (tertiary/aromatic N) is 2. The van der Waals surface area contributed by atoms with E-state index in [0.717, 1.165) is 26.0 Å². The highest BCUT2D eigenvalue weighted by molar-refractivity contribution is 7.18. The van der Waals surface area contributed by atoms with E-state index in [-0.39, 0.29) is 5.91 Å². The number of ether oxygens (including phenoxy) is 1. The number of thiazole rings is 2. The third-order valence-corrected chi connectivity index (χ3v) is 6.33. The quantitative estimate of drug-likeness (QED) is 0.493. The van der Waals surface area contributed by atoms with E-state index >= 15 is 0 Å². The molecule has 0 atom stereocenters. The van der Waals surface area contributed by atoms with Crippen molar-refractivity contribution in [2.24, 2.45) is 0 Å². The summed E-state index contributed by atoms with van der Waals surface area (Å²) in [4.78, 5) is 22.2. The first-order chi connectivity index (χ1) is 13.6. The van der Waals surface area contributed by atoms with E-state index in [1.165, 1.54) is 16.9 Å². The predicted octanol–water partition coefficient (Wildman–Crippen LogP) is 4.88. The zero-order valence-electron chi connectivity index (χ0n) is 15.6. The number of hydrogen-bond donors (Lipinski definition) is 1. The molecule has 0 aliphatic carbocycles. The number of benzene rings is 2. The Morgan fingerprint density at radius 3 is 2.57 bits per heavy atom. The molecule has 1 amide bonds. The minimum Gasteiger partial charge on any atom is -0.486 e. The van der Waals surface area contributed by atoms with Crippen molar-refractivity contribution in [2.75, 3.05) is 0 Å². The Kier molecular flexibility index (Phi) is 5.36. The second-order valence-corrected chi connectivity index (χ2v) is 8.58. The first kappa shape index (κ1) is 18.6. The van der Waals surface area contributed by atoms with Crippen LogP contribution in [0.15, 0.2) is 48.5 Å². The lowest BCUT2D eigenvalue weighted by Crippen LogP contribution is -2.22. The smallest absolute Gasteiger partial charge is 0.263 e. The summed E-state index contributed by atoms with van der Waals surface area (Å²) in [5.74, 6) is 0.663. The molecule has 2 heterocycles. The molecule has 0 fully saturated rings. The van der Waals surface area contributed by atoms with E-state index < -0.39 is 0 Å². The highest BCUT2D eigenvalue weighted by atomic mass is 32.1. The van der Waals surface area contributed by atoms with Crippen LogP contribution >= 0.6 is 22.7 Å². The average Bonchev–Trinajstić information content (AvgIpc) is 3.28. The lowest BCUT2D eigenvalue weighted by atomic mass is 10.2. The molecule has 2 aromatic carbocycles. The van der Waals surface area contributed by atoms with Crippen molar-refractivity contribution in [3.05, 3.63) is 74.7 Å². The number of amides is 1. The van der Waals surface area contributed by atoms with Gasteiger partial charge >= 0.3 is 0 Å². The average molecular weight is 410 g/mol. The molecule has 4 rings (SSSR count). The zero-order valence-corrected chi connectivity index (χ0v) is 17.2. The molecule has 4 aromatic rings. The molecule has 2 aromatic heterocycles.